The molecule has 2 amide bonds. The SMILES string of the molecule is Cc1cccc(NC(=O)Cn2nnc(C(=O)Nc3ccc(F)c(F)c3)c2N)c1. The van der Waals surface area contributed by atoms with E-state index >= 15 is 0 Å². The van der Waals surface area contributed by atoms with Crippen LogP contribution in [0.5, 0.6) is 0 Å². The van der Waals surface area contributed by atoms with Gasteiger partial charge in [-0.05, 0) is 36.8 Å². The predicted molar refractivity (Wildman–Crippen MR) is 98.6 cm³/mol. The second-order valence-electron chi connectivity index (χ2n) is 5.98. The fourth-order valence-electron chi connectivity index (χ4n) is 2.42. The van der Waals surface area contributed by atoms with Gasteiger partial charge in [0.2, 0.25) is 5.91 Å². The number of nitrogen functional groups attached to an aromatic ring is 1. The van der Waals surface area contributed by atoms with E-state index in [0.29, 0.717) is 5.69 Å². The van der Waals surface area contributed by atoms with Crippen LogP contribution in [0, 0.1) is 18.6 Å². The summed E-state index contributed by atoms with van der Waals surface area (Å²) in [6.07, 6.45) is 0. The molecule has 0 bridgehead atoms. The highest BCUT2D eigenvalue weighted by molar-refractivity contribution is 6.05. The number of rotatable bonds is 5. The second-order valence-corrected chi connectivity index (χ2v) is 5.98. The van der Waals surface area contributed by atoms with Gasteiger partial charge in [0.1, 0.15) is 6.54 Å². The first kappa shape index (κ1) is 19.0. The monoisotopic (exact) mass is 386 g/mol. The number of hydrogen-bond donors (Lipinski definition) is 3. The van der Waals surface area contributed by atoms with Crippen LogP contribution < -0.4 is 16.4 Å². The molecular formula is C18H16F2N6O2. The van der Waals surface area contributed by atoms with Crippen molar-refractivity contribution in [2.45, 2.75) is 13.5 Å². The summed E-state index contributed by atoms with van der Waals surface area (Å²) >= 11 is 0. The Bertz CT molecular complexity index is 1050. The lowest BCUT2D eigenvalue weighted by molar-refractivity contribution is -0.116. The minimum absolute atomic E-state index is 0.0232. The highest BCUT2D eigenvalue weighted by atomic mass is 19.2. The molecule has 4 N–H and O–H groups in total. The smallest absolute Gasteiger partial charge is 0.280 e. The average Bonchev–Trinajstić information content (AvgIpc) is 2.99. The Balaban J connectivity index is 1.68. The fraction of sp³-hybridized carbons (Fsp3) is 0.111. The van der Waals surface area contributed by atoms with Crippen molar-refractivity contribution in [1.82, 2.24) is 15.0 Å². The predicted octanol–water partition coefficient (Wildman–Crippen LogP) is 2.34. The Labute approximate surface area is 158 Å². The van der Waals surface area contributed by atoms with Gasteiger partial charge in [-0.15, -0.1) is 5.10 Å². The Hall–Kier alpha value is -3.82. The molecule has 0 unspecified atom stereocenters. The number of nitrogens with two attached hydrogens (primary N) is 1. The molecular weight excluding hydrogens is 370 g/mol. The van der Waals surface area contributed by atoms with Gasteiger partial charge in [-0.3, -0.25) is 9.59 Å². The minimum atomic E-state index is -1.11. The fourth-order valence-corrected chi connectivity index (χ4v) is 2.42. The molecule has 0 radical (unpaired) electrons. The summed E-state index contributed by atoms with van der Waals surface area (Å²) in [5.41, 5.74) is 7.21. The van der Waals surface area contributed by atoms with Crippen LogP contribution in [0.15, 0.2) is 42.5 Å². The van der Waals surface area contributed by atoms with Gasteiger partial charge in [-0.25, -0.2) is 13.5 Å². The Morgan fingerprint density at radius 3 is 2.54 bits per heavy atom. The zero-order chi connectivity index (χ0) is 20.3. The zero-order valence-corrected chi connectivity index (χ0v) is 14.7. The van der Waals surface area contributed by atoms with Crippen molar-refractivity contribution in [1.29, 1.82) is 0 Å². The quantitative estimate of drug-likeness (QED) is 0.623. The molecule has 0 aliphatic rings. The van der Waals surface area contributed by atoms with Gasteiger partial charge in [-0.2, -0.15) is 0 Å². The molecule has 0 saturated carbocycles. The molecule has 1 heterocycles. The van der Waals surface area contributed by atoms with Gasteiger partial charge >= 0.3 is 0 Å². The van der Waals surface area contributed by atoms with Crippen LogP contribution in [-0.2, 0) is 11.3 Å². The molecule has 3 aromatic rings. The van der Waals surface area contributed by atoms with Gasteiger partial charge in [0.05, 0.1) is 0 Å². The summed E-state index contributed by atoms with van der Waals surface area (Å²) in [6.45, 7) is 1.63. The first-order valence-corrected chi connectivity index (χ1v) is 8.15. The second kappa shape index (κ2) is 7.82. The lowest BCUT2D eigenvalue weighted by Crippen LogP contribution is -2.21. The molecule has 0 aliphatic carbocycles. The highest BCUT2D eigenvalue weighted by Crippen LogP contribution is 2.16. The first-order valence-electron chi connectivity index (χ1n) is 8.15. The lowest BCUT2D eigenvalue weighted by Gasteiger charge is -2.07. The molecule has 3 rings (SSSR count). The number of carbonyl (C=O) groups excluding carboxylic acids is 2. The summed E-state index contributed by atoms with van der Waals surface area (Å²) in [5, 5.41) is 12.4. The molecule has 0 spiro atoms. The third-order valence-electron chi connectivity index (χ3n) is 3.76. The minimum Gasteiger partial charge on any atom is -0.382 e. The summed E-state index contributed by atoms with van der Waals surface area (Å²) in [5.74, 6) is -3.46. The molecule has 0 fully saturated rings. The molecule has 0 aliphatic heterocycles. The standard InChI is InChI=1S/C18H16F2N6O2/c1-10-3-2-4-11(7-10)22-15(27)9-26-17(21)16(24-25-26)18(28)23-12-5-6-13(19)14(20)8-12/h2-8H,9,21H2,1H3,(H,22,27)(H,23,28). The number of aromatic nitrogens is 3. The molecule has 144 valence electrons. The van der Waals surface area contributed by atoms with E-state index in [1.165, 1.54) is 6.07 Å². The number of halogens is 2. The van der Waals surface area contributed by atoms with E-state index in [9.17, 15) is 18.4 Å². The highest BCUT2D eigenvalue weighted by Gasteiger charge is 2.19. The Morgan fingerprint density at radius 2 is 1.82 bits per heavy atom. The van der Waals surface area contributed by atoms with E-state index < -0.39 is 23.4 Å². The maximum absolute atomic E-state index is 13.2. The molecule has 2 aromatic carbocycles. The number of amides is 2. The van der Waals surface area contributed by atoms with Crippen molar-refractivity contribution < 1.29 is 18.4 Å². The van der Waals surface area contributed by atoms with Crippen LogP contribution in [0.4, 0.5) is 26.0 Å². The first-order chi connectivity index (χ1) is 13.3. The number of carbonyl (C=O) groups is 2. The maximum atomic E-state index is 13.2. The van der Waals surface area contributed by atoms with Crippen LogP contribution in [0.2, 0.25) is 0 Å². The van der Waals surface area contributed by atoms with Crippen LogP contribution >= 0.6 is 0 Å². The van der Waals surface area contributed by atoms with E-state index in [2.05, 4.69) is 20.9 Å². The van der Waals surface area contributed by atoms with Crippen molar-refractivity contribution in [3.8, 4) is 0 Å². The summed E-state index contributed by atoms with van der Waals surface area (Å²) < 4.78 is 27.3. The molecule has 0 saturated heterocycles. The van der Waals surface area contributed by atoms with Crippen LogP contribution in [0.25, 0.3) is 0 Å². The topological polar surface area (TPSA) is 115 Å². The van der Waals surface area contributed by atoms with E-state index in [0.717, 1.165) is 22.4 Å². The molecule has 28 heavy (non-hydrogen) atoms. The number of nitrogens with zero attached hydrogens (tertiary/aromatic N) is 3. The van der Waals surface area contributed by atoms with Gasteiger partial charge in [0.15, 0.2) is 23.1 Å². The number of aryl methyl sites for hydroxylation is 1. The van der Waals surface area contributed by atoms with Crippen molar-refractivity contribution in [2.24, 2.45) is 0 Å². The molecule has 1 aromatic heterocycles. The van der Waals surface area contributed by atoms with Gasteiger partial charge in [0.25, 0.3) is 5.91 Å². The molecule has 8 nitrogen and oxygen atoms in total. The third kappa shape index (κ3) is 4.29. The van der Waals surface area contributed by atoms with Crippen LogP contribution in [0.1, 0.15) is 16.1 Å². The van der Waals surface area contributed by atoms with Crippen LogP contribution in [0.3, 0.4) is 0 Å². The normalized spacial score (nSPS) is 10.5. The van der Waals surface area contributed by atoms with E-state index in [-0.39, 0.29) is 23.7 Å². The average molecular weight is 386 g/mol. The van der Waals surface area contributed by atoms with Gasteiger partial charge in [0, 0.05) is 17.4 Å². The zero-order valence-electron chi connectivity index (χ0n) is 14.7. The Kier molecular flexibility index (Phi) is 5.30. The number of benzene rings is 2. The van der Waals surface area contributed by atoms with E-state index in [1.807, 2.05) is 13.0 Å². The molecule has 10 heteroatoms. The van der Waals surface area contributed by atoms with Crippen molar-refractivity contribution in [2.75, 3.05) is 16.4 Å². The number of hydrogen-bond acceptors (Lipinski definition) is 5. The largest absolute Gasteiger partial charge is 0.382 e. The number of anilines is 3. The Morgan fingerprint density at radius 1 is 1.07 bits per heavy atom. The summed E-state index contributed by atoms with van der Waals surface area (Å²) in [7, 11) is 0. The van der Waals surface area contributed by atoms with E-state index in [1.54, 1.807) is 18.2 Å². The van der Waals surface area contributed by atoms with Gasteiger partial charge < -0.3 is 16.4 Å². The lowest BCUT2D eigenvalue weighted by atomic mass is 10.2. The van der Waals surface area contributed by atoms with Crippen molar-refractivity contribution in [3.05, 3.63) is 65.4 Å². The summed E-state index contributed by atoms with van der Waals surface area (Å²) in [6, 6.07) is 10.1. The molecule has 0 atom stereocenters. The van der Waals surface area contributed by atoms with E-state index in [4.69, 9.17) is 5.73 Å². The van der Waals surface area contributed by atoms with Gasteiger partial charge in [-0.1, -0.05) is 17.3 Å². The van der Waals surface area contributed by atoms with Crippen molar-refractivity contribution in [3.63, 3.8) is 0 Å². The third-order valence-corrected chi connectivity index (χ3v) is 3.76. The van der Waals surface area contributed by atoms with Crippen molar-refractivity contribution >= 4 is 29.0 Å². The summed E-state index contributed by atoms with van der Waals surface area (Å²) in [4.78, 5) is 24.4. The maximum Gasteiger partial charge on any atom is 0.280 e. The number of nitrogens with one attached hydrogen (secondary N) is 2. The van der Waals surface area contributed by atoms with Crippen LogP contribution in [-0.4, -0.2) is 26.8 Å².